The number of nitrogens with one attached hydrogen (secondary N) is 2. The molecule has 9 heteroatoms. The highest BCUT2D eigenvalue weighted by atomic mass is 32.2. The van der Waals surface area contributed by atoms with Gasteiger partial charge in [-0.3, -0.25) is 14.5 Å². The van der Waals surface area contributed by atoms with Gasteiger partial charge in [0.2, 0.25) is 5.91 Å². The van der Waals surface area contributed by atoms with Gasteiger partial charge in [-0.05, 0) is 54.6 Å². The lowest BCUT2D eigenvalue weighted by atomic mass is 10.1. The van der Waals surface area contributed by atoms with E-state index < -0.39 is 0 Å². The van der Waals surface area contributed by atoms with Crippen molar-refractivity contribution in [3.63, 3.8) is 0 Å². The van der Waals surface area contributed by atoms with Crippen LogP contribution in [-0.2, 0) is 16.1 Å². The second-order valence-electron chi connectivity index (χ2n) is 8.85. The summed E-state index contributed by atoms with van der Waals surface area (Å²) in [6.45, 7) is 1.89. The first-order chi connectivity index (χ1) is 16.6. The minimum absolute atomic E-state index is 0.0301. The molecule has 3 aliphatic heterocycles. The summed E-state index contributed by atoms with van der Waals surface area (Å²) in [5.41, 5.74) is 3.68. The molecular weight excluding hydrogens is 452 g/mol. The number of carbonyl (C=O) groups excluding carboxylic acids is 2. The van der Waals surface area contributed by atoms with Crippen molar-refractivity contribution < 1.29 is 14.3 Å². The van der Waals surface area contributed by atoms with Crippen LogP contribution in [0.25, 0.3) is 10.9 Å². The van der Waals surface area contributed by atoms with E-state index in [1.165, 1.54) is 11.8 Å². The molecule has 4 heterocycles. The van der Waals surface area contributed by atoms with E-state index in [0.717, 1.165) is 52.1 Å². The number of ether oxygens (including phenoxy) is 1. The maximum atomic E-state index is 12.5. The third-order valence-electron chi connectivity index (χ3n) is 6.66. The predicted molar refractivity (Wildman–Crippen MR) is 132 cm³/mol. The molecule has 0 unspecified atom stereocenters. The van der Waals surface area contributed by atoms with Gasteiger partial charge < -0.3 is 19.9 Å². The third kappa shape index (κ3) is 3.74. The molecule has 0 aliphatic carbocycles. The summed E-state index contributed by atoms with van der Waals surface area (Å²) in [5.74, 6) is 0.378. The fourth-order valence-electron chi connectivity index (χ4n) is 5.03. The quantitative estimate of drug-likeness (QED) is 0.529. The van der Waals surface area contributed by atoms with Gasteiger partial charge in [-0.2, -0.15) is 0 Å². The molecule has 34 heavy (non-hydrogen) atoms. The molecule has 3 aromatic rings. The highest BCUT2D eigenvalue weighted by Gasteiger charge is 2.33. The van der Waals surface area contributed by atoms with Crippen molar-refractivity contribution in [2.45, 2.75) is 36.4 Å². The summed E-state index contributed by atoms with van der Waals surface area (Å²) in [4.78, 5) is 39.1. The van der Waals surface area contributed by atoms with Crippen molar-refractivity contribution in [3.8, 4) is 0 Å². The Morgan fingerprint density at radius 2 is 2.00 bits per heavy atom. The van der Waals surface area contributed by atoms with Gasteiger partial charge in [-0.1, -0.05) is 18.2 Å². The first kappa shape index (κ1) is 21.2. The Labute approximate surface area is 200 Å². The smallest absolute Gasteiger partial charge is 0.414 e. The average Bonchev–Trinajstić information content (AvgIpc) is 3.40. The fraction of sp³-hybridized carbons (Fsp3) is 0.320. The normalized spacial score (nSPS) is 21.0. The van der Waals surface area contributed by atoms with Crippen LogP contribution < -0.4 is 21.1 Å². The van der Waals surface area contributed by atoms with Gasteiger partial charge in [0.1, 0.15) is 6.10 Å². The van der Waals surface area contributed by atoms with Gasteiger partial charge >= 0.3 is 6.09 Å². The lowest BCUT2D eigenvalue weighted by Gasteiger charge is -2.20. The molecule has 1 fully saturated rings. The highest BCUT2D eigenvalue weighted by Crippen LogP contribution is 2.36. The Morgan fingerprint density at radius 1 is 1.09 bits per heavy atom. The van der Waals surface area contributed by atoms with E-state index in [9.17, 15) is 14.4 Å². The monoisotopic (exact) mass is 476 g/mol. The predicted octanol–water partition coefficient (Wildman–Crippen LogP) is 3.50. The summed E-state index contributed by atoms with van der Waals surface area (Å²) in [7, 11) is 0. The standard InChI is InChI=1S/C25H24N4O4S/c30-22-14-34-21-8-7-16(11-19(21)27-22)28-12-17(33-25(28)32)4-2-10-26-20-13-29-23(31)9-6-15-3-1-5-18(20)24(15)29/h1,3,5-9,11,17,20,26H,2,4,10,12-14H2,(H,27,30)/t17-,20+/m0/s1. The number of thioether (sulfide) groups is 1. The zero-order valence-electron chi connectivity index (χ0n) is 18.5. The van der Waals surface area contributed by atoms with E-state index in [0.29, 0.717) is 18.8 Å². The molecule has 2 aromatic carbocycles. The molecule has 2 atom stereocenters. The molecule has 0 bridgehead atoms. The van der Waals surface area contributed by atoms with Gasteiger partial charge in [-0.25, -0.2) is 4.79 Å². The number of pyridine rings is 1. The number of benzene rings is 2. The van der Waals surface area contributed by atoms with Crippen LogP contribution in [0.15, 0.2) is 58.2 Å². The third-order valence-corrected chi connectivity index (χ3v) is 7.73. The number of rotatable bonds is 6. The van der Waals surface area contributed by atoms with Crippen molar-refractivity contribution in [2.24, 2.45) is 0 Å². The van der Waals surface area contributed by atoms with Crippen LogP contribution in [-0.4, -0.2) is 41.5 Å². The maximum Gasteiger partial charge on any atom is 0.414 e. The van der Waals surface area contributed by atoms with Crippen LogP contribution in [0.3, 0.4) is 0 Å². The summed E-state index contributed by atoms with van der Waals surface area (Å²) < 4.78 is 7.45. The average molecular weight is 477 g/mol. The first-order valence-electron chi connectivity index (χ1n) is 11.5. The van der Waals surface area contributed by atoms with Gasteiger partial charge in [0.15, 0.2) is 0 Å². The molecule has 0 radical (unpaired) electrons. The zero-order valence-corrected chi connectivity index (χ0v) is 19.3. The SMILES string of the molecule is O=C1CSc2ccc(N3C[C@H](CCCN[C@@H]4Cn5c(=O)ccc6cccc4c65)OC3=O)cc2N1. The van der Waals surface area contributed by atoms with Gasteiger partial charge in [0.05, 0.1) is 29.5 Å². The molecule has 8 nitrogen and oxygen atoms in total. The van der Waals surface area contributed by atoms with E-state index >= 15 is 0 Å². The van der Waals surface area contributed by atoms with Crippen LogP contribution >= 0.6 is 11.8 Å². The second kappa shape index (κ2) is 8.48. The number of hydrogen-bond acceptors (Lipinski definition) is 6. The van der Waals surface area contributed by atoms with Crippen LogP contribution in [0.2, 0.25) is 0 Å². The molecule has 0 spiro atoms. The fourth-order valence-corrected chi connectivity index (χ4v) is 5.82. The molecule has 2 N–H and O–H groups in total. The van der Waals surface area contributed by atoms with Crippen molar-refractivity contribution in [3.05, 3.63) is 64.4 Å². The van der Waals surface area contributed by atoms with E-state index in [1.54, 1.807) is 11.0 Å². The Balaban J connectivity index is 1.05. The number of carbonyl (C=O) groups is 2. The Hall–Kier alpha value is -3.30. The summed E-state index contributed by atoms with van der Waals surface area (Å²) in [5, 5.41) is 7.53. The summed E-state index contributed by atoms with van der Waals surface area (Å²) in [6, 6.07) is 15.4. The largest absolute Gasteiger partial charge is 0.444 e. The second-order valence-corrected chi connectivity index (χ2v) is 9.87. The van der Waals surface area contributed by atoms with Crippen molar-refractivity contribution in [1.29, 1.82) is 0 Å². The number of nitrogens with zero attached hydrogens (tertiary/aromatic N) is 2. The minimum Gasteiger partial charge on any atom is -0.444 e. The summed E-state index contributed by atoms with van der Waals surface area (Å²) >= 11 is 1.50. The number of para-hydroxylation sites is 1. The molecule has 6 rings (SSSR count). The lowest BCUT2D eigenvalue weighted by molar-refractivity contribution is -0.113. The number of hydrogen-bond donors (Lipinski definition) is 2. The van der Waals surface area contributed by atoms with Crippen molar-refractivity contribution in [2.75, 3.05) is 29.1 Å². The Bertz CT molecular complexity index is 1370. The van der Waals surface area contributed by atoms with Gasteiger partial charge in [0, 0.05) is 23.2 Å². The van der Waals surface area contributed by atoms with Crippen molar-refractivity contribution in [1.82, 2.24) is 9.88 Å². The minimum atomic E-state index is -0.356. The van der Waals surface area contributed by atoms with Gasteiger partial charge in [0.25, 0.3) is 5.56 Å². The zero-order chi connectivity index (χ0) is 23.2. The van der Waals surface area contributed by atoms with Crippen LogP contribution in [0.4, 0.5) is 16.2 Å². The summed E-state index contributed by atoms with van der Waals surface area (Å²) in [6.07, 6.45) is 1.06. The molecular formula is C25H24N4O4S. The van der Waals surface area contributed by atoms with Crippen LogP contribution in [0.5, 0.6) is 0 Å². The molecule has 174 valence electrons. The number of aromatic nitrogens is 1. The maximum absolute atomic E-state index is 12.5. The van der Waals surface area contributed by atoms with Gasteiger partial charge in [-0.15, -0.1) is 11.8 Å². The first-order valence-corrected chi connectivity index (χ1v) is 12.5. The topological polar surface area (TPSA) is 92.7 Å². The molecule has 1 saturated heterocycles. The van der Waals surface area contributed by atoms with E-state index in [1.807, 2.05) is 41.0 Å². The molecule has 3 aliphatic rings. The molecule has 0 saturated carbocycles. The Morgan fingerprint density at radius 3 is 2.91 bits per heavy atom. The lowest BCUT2D eigenvalue weighted by Crippen LogP contribution is -2.27. The van der Waals surface area contributed by atoms with Crippen LogP contribution in [0, 0.1) is 0 Å². The number of cyclic esters (lactones) is 1. The van der Waals surface area contributed by atoms with E-state index in [2.05, 4.69) is 16.7 Å². The number of amides is 2. The van der Waals surface area contributed by atoms with E-state index in [4.69, 9.17) is 4.74 Å². The number of fused-ring (bicyclic) bond motifs is 1. The Kier molecular flexibility index (Phi) is 5.30. The van der Waals surface area contributed by atoms with Crippen LogP contribution in [0.1, 0.15) is 24.4 Å². The molecule has 2 amide bonds. The molecule has 1 aromatic heterocycles. The van der Waals surface area contributed by atoms with Crippen molar-refractivity contribution >= 4 is 46.0 Å². The highest BCUT2D eigenvalue weighted by molar-refractivity contribution is 8.00. The van der Waals surface area contributed by atoms with E-state index in [-0.39, 0.29) is 29.7 Å². The number of anilines is 2.